The predicted octanol–water partition coefficient (Wildman–Crippen LogP) is 1.81. The number of ether oxygens (including phenoxy) is 3. The lowest BCUT2D eigenvalue weighted by molar-refractivity contribution is -0.145. The average Bonchev–Trinajstić information content (AvgIpc) is 2.64. The Bertz CT molecular complexity index is 636. The van der Waals surface area contributed by atoms with E-state index in [-0.39, 0.29) is 18.5 Å². The summed E-state index contributed by atoms with van der Waals surface area (Å²) in [4.78, 5) is 25.0. The van der Waals surface area contributed by atoms with Crippen LogP contribution in [0.15, 0.2) is 24.3 Å². The van der Waals surface area contributed by atoms with Gasteiger partial charge in [0.2, 0.25) is 5.91 Å². The number of carboxylic acid groups (broad SMARTS) is 1. The number of methoxy groups -OCH3 is 2. The van der Waals surface area contributed by atoms with Crippen molar-refractivity contribution >= 4 is 18.0 Å². The maximum absolute atomic E-state index is 12.5. The van der Waals surface area contributed by atoms with E-state index in [2.05, 4.69) is 0 Å². The van der Waals surface area contributed by atoms with Gasteiger partial charge in [-0.1, -0.05) is 0 Å². The van der Waals surface area contributed by atoms with Crippen molar-refractivity contribution in [3.8, 4) is 11.5 Å². The molecule has 0 aliphatic carbocycles. The van der Waals surface area contributed by atoms with Gasteiger partial charge in [-0.05, 0) is 31.1 Å². The first-order valence-electron chi connectivity index (χ1n) is 8.05. The molecule has 1 aromatic carbocycles. The van der Waals surface area contributed by atoms with Crippen LogP contribution in [0.25, 0.3) is 6.08 Å². The van der Waals surface area contributed by atoms with E-state index in [0.29, 0.717) is 43.1 Å². The summed E-state index contributed by atoms with van der Waals surface area (Å²) in [5.74, 6) is -0.156. The van der Waals surface area contributed by atoms with E-state index in [4.69, 9.17) is 19.3 Å². The van der Waals surface area contributed by atoms with Gasteiger partial charge in [-0.15, -0.1) is 0 Å². The summed E-state index contributed by atoms with van der Waals surface area (Å²) in [6.07, 6.45) is 4.27. The zero-order valence-corrected chi connectivity index (χ0v) is 14.4. The Labute approximate surface area is 146 Å². The van der Waals surface area contributed by atoms with Crippen LogP contribution >= 0.6 is 0 Å². The minimum atomic E-state index is -1.03. The SMILES string of the molecule is COc1ccc(C=CC(=O)N(CC(=O)O)C2CCOCC2)c(OC)c1. The largest absolute Gasteiger partial charge is 0.497 e. The van der Waals surface area contributed by atoms with Crippen molar-refractivity contribution < 1.29 is 28.9 Å². The molecule has 0 spiro atoms. The Morgan fingerprint density at radius 3 is 2.60 bits per heavy atom. The summed E-state index contributed by atoms with van der Waals surface area (Å²) >= 11 is 0. The molecule has 136 valence electrons. The van der Waals surface area contributed by atoms with Crippen molar-refractivity contribution in [2.45, 2.75) is 18.9 Å². The fraction of sp³-hybridized carbons (Fsp3) is 0.444. The van der Waals surface area contributed by atoms with Gasteiger partial charge >= 0.3 is 5.97 Å². The Morgan fingerprint density at radius 1 is 1.28 bits per heavy atom. The molecule has 0 unspecified atom stereocenters. The van der Waals surface area contributed by atoms with Crippen molar-refractivity contribution in [1.29, 1.82) is 0 Å². The van der Waals surface area contributed by atoms with Gasteiger partial charge in [0.05, 0.1) is 14.2 Å². The van der Waals surface area contributed by atoms with Gasteiger partial charge in [0.1, 0.15) is 18.0 Å². The summed E-state index contributed by atoms with van der Waals surface area (Å²) in [5.41, 5.74) is 0.707. The van der Waals surface area contributed by atoms with E-state index in [1.807, 2.05) is 0 Å². The van der Waals surface area contributed by atoms with Crippen molar-refractivity contribution in [3.05, 3.63) is 29.8 Å². The van der Waals surface area contributed by atoms with Crippen LogP contribution in [0.2, 0.25) is 0 Å². The standard InChI is InChI=1S/C18H23NO6/c1-23-15-5-3-13(16(11-15)24-2)4-6-17(20)19(12-18(21)22)14-7-9-25-10-8-14/h3-6,11,14H,7-10,12H2,1-2H3,(H,21,22). The molecule has 1 amide bonds. The molecule has 0 radical (unpaired) electrons. The van der Waals surface area contributed by atoms with Crippen LogP contribution in [0.4, 0.5) is 0 Å². The fourth-order valence-electron chi connectivity index (χ4n) is 2.74. The van der Waals surface area contributed by atoms with Crippen LogP contribution in [0.3, 0.4) is 0 Å². The molecule has 1 aromatic rings. The topological polar surface area (TPSA) is 85.3 Å². The molecule has 0 bridgehead atoms. The quantitative estimate of drug-likeness (QED) is 0.756. The van der Waals surface area contributed by atoms with Gasteiger partial charge in [-0.3, -0.25) is 9.59 Å². The van der Waals surface area contributed by atoms with Crippen molar-refractivity contribution in [2.24, 2.45) is 0 Å². The summed E-state index contributed by atoms with van der Waals surface area (Å²) < 4.78 is 15.7. The molecular formula is C18H23NO6. The first-order chi connectivity index (χ1) is 12.0. The number of carbonyl (C=O) groups is 2. The second kappa shape index (κ2) is 9.08. The Kier molecular flexibility index (Phi) is 6.82. The van der Waals surface area contributed by atoms with E-state index in [1.54, 1.807) is 31.4 Å². The number of aliphatic carboxylic acids is 1. The van der Waals surface area contributed by atoms with E-state index < -0.39 is 5.97 Å². The molecule has 1 saturated heterocycles. The number of carboxylic acids is 1. The minimum absolute atomic E-state index is 0.125. The third kappa shape index (κ3) is 5.22. The molecule has 1 N–H and O–H groups in total. The summed E-state index contributed by atoms with van der Waals surface area (Å²) in [6.45, 7) is 0.738. The van der Waals surface area contributed by atoms with E-state index in [1.165, 1.54) is 18.1 Å². The molecule has 2 rings (SSSR count). The number of benzene rings is 1. The molecule has 7 heteroatoms. The predicted molar refractivity (Wildman–Crippen MR) is 91.8 cm³/mol. The van der Waals surface area contributed by atoms with Gasteiger partial charge in [-0.25, -0.2) is 0 Å². The normalized spacial score (nSPS) is 15.1. The molecule has 0 saturated carbocycles. The monoisotopic (exact) mass is 349 g/mol. The third-order valence-corrected chi connectivity index (χ3v) is 4.07. The second-order valence-corrected chi connectivity index (χ2v) is 5.64. The Morgan fingerprint density at radius 2 is 2.00 bits per heavy atom. The molecule has 1 heterocycles. The Hall–Kier alpha value is -2.54. The lowest BCUT2D eigenvalue weighted by Gasteiger charge is -2.32. The van der Waals surface area contributed by atoms with Crippen molar-refractivity contribution in [1.82, 2.24) is 4.90 Å². The van der Waals surface area contributed by atoms with Gasteiger partial charge < -0.3 is 24.2 Å². The highest BCUT2D eigenvalue weighted by Gasteiger charge is 2.26. The minimum Gasteiger partial charge on any atom is -0.497 e. The van der Waals surface area contributed by atoms with Gasteiger partial charge in [0.15, 0.2) is 0 Å². The number of carbonyl (C=O) groups excluding carboxylic acids is 1. The van der Waals surface area contributed by atoms with Crippen LogP contribution in [0.5, 0.6) is 11.5 Å². The number of nitrogens with zero attached hydrogens (tertiary/aromatic N) is 1. The van der Waals surface area contributed by atoms with Crippen molar-refractivity contribution in [3.63, 3.8) is 0 Å². The van der Waals surface area contributed by atoms with Gasteiger partial charge in [0.25, 0.3) is 0 Å². The molecule has 25 heavy (non-hydrogen) atoms. The molecule has 1 aliphatic rings. The van der Waals surface area contributed by atoms with E-state index in [9.17, 15) is 9.59 Å². The van der Waals surface area contributed by atoms with Gasteiger partial charge in [-0.2, -0.15) is 0 Å². The molecule has 7 nitrogen and oxygen atoms in total. The van der Waals surface area contributed by atoms with Crippen molar-refractivity contribution in [2.75, 3.05) is 34.0 Å². The van der Waals surface area contributed by atoms with Crippen LogP contribution < -0.4 is 9.47 Å². The van der Waals surface area contributed by atoms with Crippen LogP contribution in [0, 0.1) is 0 Å². The third-order valence-electron chi connectivity index (χ3n) is 4.07. The molecule has 0 aromatic heterocycles. The van der Waals surface area contributed by atoms with E-state index >= 15 is 0 Å². The molecule has 1 fully saturated rings. The lowest BCUT2D eigenvalue weighted by atomic mass is 10.1. The summed E-state index contributed by atoms with van der Waals surface area (Å²) in [7, 11) is 3.10. The first-order valence-corrected chi connectivity index (χ1v) is 8.05. The maximum Gasteiger partial charge on any atom is 0.323 e. The average molecular weight is 349 g/mol. The Balaban J connectivity index is 2.16. The second-order valence-electron chi connectivity index (χ2n) is 5.64. The first kappa shape index (κ1) is 18.8. The summed E-state index contributed by atoms with van der Waals surface area (Å²) in [6, 6.07) is 5.13. The highest BCUT2D eigenvalue weighted by Crippen LogP contribution is 2.25. The fourth-order valence-corrected chi connectivity index (χ4v) is 2.74. The molecular weight excluding hydrogens is 326 g/mol. The smallest absolute Gasteiger partial charge is 0.323 e. The number of hydrogen-bond acceptors (Lipinski definition) is 5. The highest BCUT2D eigenvalue weighted by molar-refractivity contribution is 5.94. The van der Waals surface area contributed by atoms with Gasteiger partial charge in [0, 0.05) is 37.0 Å². The van der Waals surface area contributed by atoms with Crippen LogP contribution in [-0.2, 0) is 14.3 Å². The number of hydrogen-bond donors (Lipinski definition) is 1. The lowest BCUT2D eigenvalue weighted by Crippen LogP contribution is -2.45. The zero-order chi connectivity index (χ0) is 18.2. The van der Waals surface area contributed by atoms with Crippen LogP contribution in [-0.4, -0.2) is 61.9 Å². The molecule has 0 atom stereocenters. The summed E-state index contributed by atoms with van der Waals surface area (Å²) in [5, 5.41) is 9.11. The van der Waals surface area contributed by atoms with E-state index in [0.717, 1.165) is 0 Å². The number of rotatable bonds is 7. The zero-order valence-electron chi connectivity index (χ0n) is 14.4. The maximum atomic E-state index is 12.5. The highest BCUT2D eigenvalue weighted by atomic mass is 16.5. The number of amides is 1. The molecule has 1 aliphatic heterocycles. The van der Waals surface area contributed by atoms with Crippen LogP contribution in [0.1, 0.15) is 18.4 Å².